The summed E-state index contributed by atoms with van der Waals surface area (Å²) in [5, 5.41) is 0.461. The Morgan fingerprint density at radius 1 is 0.656 bits per heavy atom. The number of hydrogen-bond donors (Lipinski definition) is 0. The van der Waals surface area contributed by atoms with Crippen molar-refractivity contribution in [2.75, 3.05) is 0 Å². The summed E-state index contributed by atoms with van der Waals surface area (Å²) in [7, 11) is 0. The molecule has 0 spiro atoms. The lowest BCUT2D eigenvalue weighted by Gasteiger charge is -2.10. The van der Waals surface area contributed by atoms with Crippen LogP contribution in [0.5, 0.6) is 0 Å². The summed E-state index contributed by atoms with van der Waals surface area (Å²) in [6, 6.07) is 14.6. The van der Waals surface area contributed by atoms with E-state index >= 15 is 4.39 Å². The van der Waals surface area contributed by atoms with Crippen LogP contribution in [0.4, 0.5) is 22.0 Å². The summed E-state index contributed by atoms with van der Waals surface area (Å²) >= 11 is 0. The molecule has 0 bridgehead atoms. The molecule has 5 heteroatoms. The molecule has 0 aliphatic heterocycles. The molecule has 0 aromatic heterocycles. The van der Waals surface area contributed by atoms with Crippen molar-refractivity contribution in [3.05, 3.63) is 106 Å². The summed E-state index contributed by atoms with van der Waals surface area (Å²) in [5.74, 6) is -0.113. The number of halogens is 5. The lowest BCUT2D eigenvalue weighted by Crippen LogP contribution is -1.93. The van der Waals surface area contributed by atoms with Gasteiger partial charge in [0, 0.05) is 16.7 Å². The molecule has 0 atom stereocenters. The average Bonchev–Trinajstić information content (AvgIpc) is 2.76. The summed E-state index contributed by atoms with van der Waals surface area (Å²) in [6.07, 6.45) is 1.59. The van der Waals surface area contributed by atoms with Gasteiger partial charge in [-0.25, -0.2) is 22.0 Å². The van der Waals surface area contributed by atoms with Crippen LogP contribution in [0.1, 0.15) is 30.0 Å². The molecule has 0 fully saturated rings. The lowest BCUT2D eigenvalue weighted by molar-refractivity contribution is 0.446. The molecular weight excluding hydrogens is 419 g/mol. The zero-order valence-corrected chi connectivity index (χ0v) is 17.1. The topological polar surface area (TPSA) is 0 Å². The molecule has 0 radical (unpaired) electrons. The van der Waals surface area contributed by atoms with E-state index < -0.39 is 29.1 Å². The van der Waals surface area contributed by atoms with E-state index in [0.717, 1.165) is 30.5 Å². The smallest absolute Gasteiger partial charge is 0.194 e. The van der Waals surface area contributed by atoms with Crippen molar-refractivity contribution >= 4 is 10.8 Å². The molecular formula is C27H17F5. The van der Waals surface area contributed by atoms with Gasteiger partial charge in [0.25, 0.3) is 0 Å². The summed E-state index contributed by atoms with van der Waals surface area (Å²) < 4.78 is 69.4. The molecule has 0 unspecified atom stereocenters. The van der Waals surface area contributed by atoms with Crippen LogP contribution in [-0.4, -0.2) is 0 Å². The Balaban J connectivity index is 1.66. The number of rotatable bonds is 3. The van der Waals surface area contributed by atoms with E-state index in [0.29, 0.717) is 16.5 Å². The Bertz CT molecular complexity index is 1350. The van der Waals surface area contributed by atoms with E-state index in [9.17, 15) is 17.6 Å². The molecule has 0 saturated heterocycles. The molecule has 0 nitrogen and oxygen atoms in total. The predicted octanol–water partition coefficient (Wildman–Crippen LogP) is 7.55. The SMILES string of the molecule is CCCc1cc(F)c2c(F)c(-c3ccc(C#Cc4cc(F)c(F)c(F)c4)cc3)ccc2c1. The van der Waals surface area contributed by atoms with Crippen molar-refractivity contribution < 1.29 is 22.0 Å². The highest BCUT2D eigenvalue weighted by atomic mass is 19.2. The Morgan fingerprint density at radius 3 is 1.97 bits per heavy atom. The highest BCUT2D eigenvalue weighted by Crippen LogP contribution is 2.31. The second-order valence-corrected chi connectivity index (χ2v) is 7.43. The third-order valence-corrected chi connectivity index (χ3v) is 5.14. The minimum atomic E-state index is -1.55. The van der Waals surface area contributed by atoms with Gasteiger partial charge in [0.2, 0.25) is 0 Å². The van der Waals surface area contributed by atoms with Crippen molar-refractivity contribution in [1.29, 1.82) is 0 Å². The third kappa shape index (κ3) is 4.22. The quantitative estimate of drug-likeness (QED) is 0.177. The highest BCUT2D eigenvalue weighted by Gasteiger charge is 2.14. The van der Waals surface area contributed by atoms with Gasteiger partial charge in [0.15, 0.2) is 17.5 Å². The number of hydrogen-bond acceptors (Lipinski definition) is 0. The first kappa shape index (κ1) is 21.6. The van der Waals surface area contributed by atoms with Crippen LogP contribution in [0.3, 0.4) is 0 Å². The Kier molecular flexibility index (Phi) is 5.96. The molecule has 0 amide bonds. The van der Waals surface area contributed by atoms with E-state index in [2.05, 4.69) is 11.8 Å². The molecule has 32 heavy (non-hydrogen) atoms. The van der Waals surface area contributed by atoms with E-state index in [4.69, 9.17) is 0 Å². The van der Waals surface area contributed by atoms with E-state index in [1.165, 1.54) is 6.07 Å². The van der Waals surface area contributed by atoms with Gasteiger partial charge in [-0.15, -0.1) is 0 Å². The predicted molar refractivity (Wildman–Crippen MR) is 116 cm³/mol. The van der Waals surface area contributed by atoms with Crippen LogP contribution in [-0.2, 0) is 6.42 Å². The van der Waals surface area contributed by atoms with Crippen molar-refractivity contribution in [1.82, 2.24) is 0 Å². The molecule has 0 N–H and O–H groups in total. The van der Waals surface area contributed by atoms with Gasteiger partial charge in [-0.1, -0.05) is 55.5 Å². The fraction of sp³-hybridized carbons (Fsp3) is 0.111. The Labute approximate surface area is 182 Å². The first-order valence-corrected chi connectivity index (χ1v) is 10.0. The average molecular weight is 436 g/mol. The van der Waals surface area contributed by atoms with Crippen LogP contribution >= 0.6 is 0 Å². The zero-order chi connectivity index (χ0) is 22.8. The molecule has 4 aromatic carbocycles. The fourth-order valence-corrected chi connectivity index (χ4v) is 3.59. The van der Waals surface area contributed by atoms with E-state index in [1.54, 1.807) is 42.5 Å². The zero-order valence-electron chi connectivity index (χ0n) is 17.1. The maximum absolute atomic E-state index is 15.1. The first-order valence-electron chi connectivity index (χ1n) is 10.0. The maximum Gasteiger partial charge on any atom is 0.194 e. The monoisotopic (exact) mass is 436 g/mol. The largest absolute Gasteiger partial charge is 0.206 e. The second kappa shape index (κ2) is 8.84. The van der Waals surface area contributed by atoms with Crippen molar-refractivity contribution in [3.8, 4) is 23.0 Å². The molecule has 160 valence electrons. The van der Waals surface area contributed by atoms with Gasteiger partial charge in [0.1, 0.15) is 11.6 Å². The molecule has 0 saturated carbocycles. The maximum atomic E-state index is 15.1. The van der Waals surface area contributed by atoms with Gasteiger partial charge in [0.05, 0.1) is 5.39 Å². The lowest BCUT2D eigenvalue weighted by atomic mass is 9.97. The van der Waals surface area contributed by atoms with Crippen molar-refractivity contribution in [2.45, 2.75) is 19.8 Å². The van der Waals surface area contributed by atoms with Crippen molar-refractivity contribution in [2.24, 2.45) is 0 Å². The van der Waals surface area contributed by atoms with E-state index in [-0.39, 0.29) is 16.5 Å². The third-order valence-electron chi connectivity index (χ3n) is 5.14. The van der Waals surface area contributed by atoms with Gasteiger partial charge in [-0.3, -0.25) is 0 Å². The Hall–Kier alpha value is -3.65. The summed E-state index contributed by atoms with van der Waals surface area (Å²) in [4.78, 5) is 0. The van der Waals surface area contributed by atoms with Crippen LogP contribution in [0.25, 0.3) is 21.9 Å². The minimum Gasteiger partial charge on any atom is -0.206 e. The summed E-state index contributed by atoms with van der Waals surface area (Å²) in [6.45, 7) is 2.00. The molecule has 4 aromatic rings. The number of fused-ring (bicyclic) bond motifs is 1. The molecule has 4 rings (SSSR count). The highest BCUT2D eigenvalue weighted by molar-refractivity contribution is 5.89. The standard InChI is InChI=1S/C27H17F5/c1-2-3-17-12-20-10-11-21(26(31)25(20)22(28)13-17)19-8-6-16(7-9-19)4-5-18-14-23(29)27(32)24(30)15-18/h6-15H,2-3H2,1H3. The number of benzene rings is 4. The van der Waals surface area contributed by atoms with Crippen LogP contribution in [0, 0.1) is 40.9 Å². The minimum absolute atomic E-state index is 0.0102. The van der Waals surface area contributed by atoms with Crippen LogP contribution in [0.2, 0.25) is 0 Å². The molecule has 0 heterocycles. The van der Waals surface area contributed by atoms with Crippen molar-refractivity contribution in [3.63, 3.8) is 0 Å². The number of aryl methyl sites for hydroxylation is 1. The second-order valence-electron chi connectivity index (χ2n) is 7.43. The molecule has 0 aliphatic carbocycles. The normalized spacial score (nSPS) is 10.8. The fourth-order valence-electron chi connectivity index (χ4n) is 3.59. The van der Waals surface area contributed by atoms with E-state index in [1.807, 2.05) is 6.92 Å². The van der Waals surface area contributed by atoms with Crippen LogP contribution < -0.4 is 0 Å². The molecule has 0 aliphatic rings. The van der Waals surface area contributed by atoms with Gasteiger partial charge < -0.3 is 0 Å². The van der Waals surface area contributed by atoms with Gasteiger partial charge >= 0.3 is 0 Å². The van der Waals surface area contributed by atoms with Gasteiger partial charge in [-0.05, 0) is 53.3 Å². The van der Waals surface area contributed by atoms with Gasteiger partial charge in [-0.2, -0.15) is 0 Å². The van der Waals surface area contributed by atoms with Crippen LogP contribution in [0.15, 0.2) is 60.7 Å². The Morgan fingerprint density at radius 2 is 1.31 bits per heavy atom. The first-order chi connectivity index (χ1) is 15.4. The summed E-state index contributed by atoms with van der Waals surface area (Å²) in [5.41, 5.74) is 2.11.